The number of carbonyl (C=O) groups excluding carboxylic acids is 1. The second-order valence-corrected chi connectivity index (χ2v) is 6.04. The molecule has 1 saturated heterocycles. The average Bonchev–Trinajstić information content (AvgIpc) is 2.89. The SMILES string of the molecule is CNCC1CCN(C(=O)C(C)Oc2ccccc2Br)C1. The van der Waals surface area contributed by atoms with Gasteiger partial charge in [-0.15, -0.1) is 0 Å². The van der Waals surface area contributed by atoms with Gasteiger partial charge in [-0.05, 0) is 60.9 Å². The Kier molecular flexibility index (Phi) is 5.43. The van der Waals surface area contributed by atoms with E-state index in [4.69, 9.17) is 4.74 Å². The Morgan fingerprint density at radius 2 is 2.30 bits per heavy atom. The molecule has 2 rings (SSSR count). The molecule has 110 valence electrons. The van der Waals surface area contributed by atoms with Gasteiger partial charge in [-0.25, -0.2) is 0 Å². The fourth-order valence-electron chi connectivity index (χ4n) is 2.53. The predicted molar refractivity (Wildman–Crippen MR) is 82.8 cm³/mol. The summed E-state index contributed by atoms with van der Waals surface area (Å²) in [6, 6.07) is 7.59. The van der Waals surface area contributed by atoms with E-state index in [0.29, 0.717) is 11.7 Å². The summed E-state index contributed by atoms with van der Waals surface area (Å²) in [7, 11) is 1.95. The van der Waals surface area contributed by atoms with Gasteiger partial charge in [0.25, 0.3) is 5.91 Å². The van der Waals surface area contributed by atoms with Crippen LogP contribution in [0.2, 0.25) is 0 Å². The van der Waals surface area contributed by atoms with Gasteiger partial charge in [-0.3, -0.25) is 4.79 Å². The first-order valence-electron chi connectivity index (χ1n) is 6.96. The van der Waals surface area contributed by atoms with Gasteiger partial charge in [0.2, 0.25) is 0 Å². The normalized spacial score (nSPS) is 19.9. The molecule has 1 aromatic rings. The lowest BCUT2D eigenvalue weighted by molar-refractivity contribution is -0.137. The molecule has 1 heterocycles. The lowest BCUT2D eigenvalue weighted by Crippen LogP contribution is -2.39. The summed E-state index contributed by atoms with van der Waals surface area (Å²) in [5.74, 6) is 1.33. The fraction of sp³-hybridized carbons (Fsp3) is 0.533. The van der Waals surface area contributed by atoms with E-state index < -0.39 is 6.10 Å². The summed E-state index contributed by atoms with van der Waals surface area (Å²) < 4.78 is 6.63. The minimum atomic E-state index is -0.456. The summed E-state index contributed by atoms with van der Waals surface area (Å²) in [6.07, 6.45) is 0.607. The lowest BCUT2D eigenvalue weighted by Gasteiger charge is -2.22. The molecular weight excluding hydrogens is 320 g/mol. The van der Waals surface area contributed by atoms with E-state index in [0.717, 1.165) is 30.5 Å². The van der Waals surface area contributed by atoms with Crippen molar-refractivity contribution in [1.82, 2.24) is 10.2 Å². The number of nitrogens with zero attached hydrogens (tertiary/aromatic N) is 1. The highest BCUT2D eigenvalue weighted by Gasteiger charge is 2.29. The van der Waals surface area contributed by atoms with Crippen LogP contribution in [0, 0.1) is 5.92 Å². The molecule has 5 heteroatoms. The van der Waals surface area contributed by atoms with Crippen molar-refractivity contribution in [2.75, 3.05) is 26.7 Å². The number of amides is 1. The minimum absolute atomic E-state index is 0.0688. The third kappa shape index (κ3) is 3.73. The number of hydrogen-bond donors (Lipinski definition) is 1. The second-order valence-electron chi connectivity index (χ2n) is 5.19. The van der Waals surface area contributed by atoms with Gasteiger partial charge in [0, 0.05) is 13.1 Å². The topological polar surface area (TPSA) is 41.6 Å². The maximum atomic E-state index is 12.4. The molecule has 0 bridgehead atoms. The molecule has 0 spiro atoms. The van der Waals surface area contributed by atoms with E-state index in [1.165, 1.54) is 0 Å². The largest absolute Gasteiger partial charge is 0.480 e. The number of para-hydroxylation sites is 1. The quantitative estimate of drug-likeness (QED) is 0.894. The van der Waals surface area contributed by atoms with Gasteiger partial charge in [0.1, 0.15) is 5.75 Å². The van der Waals surface area contributed by atoms with E-state index >= 15 is 0 Å². The van der Waals surface area contributed by atoms with Crippen LogP contribution in [0.3, 0.4) is 0 Å². The molecule has 0 radical (unpaired) electrons. The third-order valence-corrected chi connectivity index (χ3v) is 4.23. The smallest absolute Gasteiger partial charge is 0.263 e. The number of benzene rings is 1. The first kappa shape index (κ1) is 15.3. The number of nitrogens with one attached hydrogen (secondary N) is 1. The Bertz CT molecular complexity index is 467. The number of rotatable bonds is 5. The van der Waals surface area contributed by atoms with E-state index in [1.54, 1.807) is 0 Å². The monoisotopic (exact) mass is 340 g/mol. The Balaban J connectivity index is 1.91. The molecular formula is C15H21BrN2O2. The summed E-state index contributed by atoms with van der Waals surface area (Å²) in [6.45, 7) is 4.43. The van der Waals surface area contributed by atoms with Gasteiger partial charge in [0.15, 0.2) is 6.10 Å². The van der Waals surface area contributed by atoms with Crippen LogP contribution in [0.1, 0.15) is 13.3 Å². The number of carbonyl (C=O) groups is 1. The average molecular weight is 341 g/mol. The van der Waals surface area contributed by atoms with E-state index in [9.17, 15) is 4.79 Å². The number of hydrogen-bond acceptors (Lipinski definition) is 3. The van der Waals surface area contributed by atoms with Gasteiger partial charge in [0.05, 0.1) is 4.47 Å². The Morgan fingerprint density at radius 1 is 1.55 bits per heavy atom. The Hall–Kier alpha value is -1.07. The Labute approximate surface area is 128 Å². The van der Waals surface area contributed by atoms with Crippen molar-refractivity contribution in [3.63, 3.8) is 0 Å². The fourth-order valence-corrected chi connectivity index (χ4v) is 2.90. The zero-order valence-corrected chi connectivity index (χ0v) is 13.5. The third-order valence-electron chi connectivity index (χ3n) is 3.58. The van der Waals surface area contributed by atoms with Gasteiger partial charge in [-0.1, -0.05) is 12.1 Å². The molecule has 2 atom stereocenters. The molecule has 1 N–H and O–H groups in total. The molecule has 1 aliphatic rings. The van der Waals surface area contributed by atoms with Crippen LogP contribution >= 0.6 is 15.9 Å². The molecule has 1 fully saturated rings. The summed E-state index contributed by atoms with van der Waals surface area (Å²) >= 11 is 3.43. The van der Waals surface area contributed by atoms with Crippen LogP contribution < -0.4 is 10.1 Å². The van der Waals surface area contributed by atoms with Crippen molar-refractivity contribution in [3.05, 3.63) is 28.7 Å². The van der Waals surface area contributed by atoms with Crippen LogP contribution in [0.15, 0.2) is 28.7 Å². The van der Waals surface area contributed by atoms with Crippen molar-refractivity contribution in [1.29, 1.82) is 0 Å². The first-order chi connectivity index (χ1) is 9.61. The van der Waals surface area contributed by atoms with Gasteiger partial charge in [-0.2, -0.15) is 0 Å². The van der Waals surface area contributed by atoms with Crippen molar-refractivity contribution >= 4 is 21.8 Å². The summed E-state index contributed by atoms with van der Waals surface area (Å²) in [5.41, 5.74) is 0. The standard InChI is InChI=1S/C15H21BrN2O2/c1-11(20-14-6-4-3-5-13(14)16)15(19)18-8-7-12(10-18)9-17-2/h3-6,11-12,17H,7-10H2,1-2H3. The maximum absolute atomic E-state index is 12.4. The Morgan fingerprint density at radius 3 is 3.00 bits per heavy atom. The number of likely N-dealkylation sites (tertiary alicyclic amines) is 1. The van der Waals surface area contributed by atoms with E-state index in [2.05, 4.69) is 21.2 Å². The highest BCUT2D eigenvalue weighted by atomic mass is 79.9. The van der Waals surface area contributed by atoms with Crippen LogP contribution in [0.25, 0.3) is 0 Å². The van der Waals surface area contributed by atoms with Gasteiger partial charge < -0.3 is 15.0 Å². The van der Waals surface area contributed by atoms with Crippen molar-refractivity contribution in [2.45, 2.75) is 19.4 Å². The van der Waals surface area contributed by atoms with E-state index in [-0.39, 0.29) is 5.91 Å². The molecule has 0 saturated carbocycles. The zero-order valence-electron chi connectivity index (χ0n) is 11.9. The van der Waals surface area contributed by atoms with Crippen molar-refractivity contribution < 1.29 is 9.53 Å². The van der Waals surface area contributed by atoms with Gasteiger partial charge >= 0.3 is 0 Å². The highest BCUT2D eigenvalue weighted by molar-refractivity contribution is 9.10. The molecule has 0 aliphatic carbocycles. The van der Waals surface area contributed by atoms with Crippen LogP contribution in [-0.4, -0.2) is 43.6 Å². The summed E-state index contributed by atoms with van der Waals surface area (Å²) in [4.78, 5) is 14.3. The molecule has 20 heavy (non-hydrogen) atoms. The minimum Gasteiger partial charge on any atom is -0.480 e. The summed E-state index contributed by atoms with van der Waals surface area (Å²) in [5, 5.41) is 3.17. The molecule has 1 amide bonds. The lowest BCUT2D eigenvalue weighted by atomic mass is 10.1. The second kappa shape index (κ2) is 7.09. The van der Waals surface area contributed by atoms with Crippen LogP contribution in [0.5, 0.6) is 5.75 Å². The molecule has 2 unspecified atom stereocenters. The predicted octanol–water partition coefficient (Wildman–Crippen LogP) is 2.28. The maximum Gasteiger partial charge on any atom is 0.263 e. The zero-order chi connectivity index (χ0) is 14.5. The molecule has 0 aromatic heterocycles. The van der Waals surface area contributed by atoms with Crippen LogP contribution in [-0.2, 0) is 4.79 Å². The number of halogens is 1. The molecule has 4 nitrogen and oxygen atoms in total. The molecule has 1 aliphatic heterocycles. The first-order valence-corrected chi connectivity index (χ1v) is 7.75. The van der Waals surface area contributed by atoms with E-state index in [1.807, 2.05) is 43.1 Å². The van der Waals surface area contributed by atoms with Crippen molar-refractivity contribution in [3.8, 4) is 5.75 Å². The van der Waals surface area contributed by atoms with Crippen LogP contribution in [0.4, 0.5) is 0 Å². The highest BCUT2D eigenvalue weighted by Crippen LogP contribution is 2.25. The molecule has 1 aromatic carbocycles. The van der Waals surface area contributed by atoms with Crippen molar-refractivity contribution in [2.24, 2.45) is 5.92 Å². The number of ether oxygens (including phenoxy) is 1.